The van der Waals surface area contributed by atoms with Gasteiger partial charge in [-0.25, -0.2) is 0 Å². The molecule has 1 fully saturated rings. The largest absolute Gasteiger partial charge is 0.496 e. The number of carbonyl (C=O) groups excluding carboxylic acids is 1. The maximum atomic E-state index is 13.2. The number of methoxy groups -OCH3 is 1. The number of amides is 1. The van der Waals surface area contributed by atoms with Crippen LogP contribution in [0.15, 0.2) is 42.5 Å². The first kappa shape index (κ1) is 20.9. The summed E-state index contributed by atoms with van der Waals surface area (Å²) in [4.78, 5) is 18.3. The van der Waals surface area contributed by atoms with Crippen molar-refractivity contribution in [1.82, 2.24) is 4.90 Å². The van der Waals surface area contributed by atoms with E-state index >= 15 is 0 Å². The van der Waals surface area contributed by atoms with E-state index in [4.69, 9.17) is 4.74 Å². The number of benzene rings is 2. The predicted molar refractivity (Wildman–Crippen MR) is 118 cm³/mol. The molecule has 2 aliphatic rings. The molecule has 0 aromatic heterocycles. The van der Waals surface area contributed by atoms with Crippen LogP contribution in [0.2, 0.25) is 0 Å². The van der Waals surface area contributed by atoms with Gasteiger partial charge in [-0.3, -0.25) is 4.79 Å². The highest BCUT2D eigenvalue weighted by atomic mass is 16.5. The van der Waals surface area contributed by atoms with Gasteiger partial charge < -0.3 is 19.4 Å². The number of carbonyl (C=O) groups is 1. The molecule has 1 amide bonds. The first-order chi connectivity index (χ1) is 14.5. The minimum absolute atomic E-state index is 0.0327. The van der Waals surface area contributed by atoms with Crippen LogP contribution in [-0.2, 0) is 24.3 Å². The number of nitrogens with zero attached hydrogens (tertiary/aromatic N) is 1. The van der Waals surface area contributed by atoms with Gasteiger partial charge in [-0.1, -0.05) is 35.9 Å². The number of hydrogen-bond acceptors (Lipinski definition) is 2. The molecule has 5 nitrogen and oxygen atoms in total. The summed E-state index contributed by atoms with van der Waals surface area (Å²) in [5.41, 5.74) is 5.26. The van der Waals surface area contributed by atoms with E-state index in [-0.39, 0.29) is 6.04 Å². The van der Waals surface area contributed by atoms with Crippen LogP contribution in [0, 0.1) is 6.92 Å². The third-order valence-electron chi connectivity index (χ3n) is 6.90. The minimum Gasteiger partial charge on any atom is -0.496 e. The van der Waals surface area contributed by atoms with Crippen LogP contribution in [0.4, 0.5) is 0 Å². The molecule has 160 valence electrons. The number of quaternary nitrogens is 2. The van der Waals surface area contributed by atoms with E-state index in [2.05, 4.69) is 61.2 Å². The molecule has 2 N–H and O–H groups in total. The Hall–Kier alpha value is -2.37. The number of aryl methyl sites for hydroxylation is 1. The molecule has 2 aromatic carbocycles. The van der Waals surface area contributed by atoms with Gasteiger partial charge in [-0.05, 0) is 43.5 Å². The van der Waals surface area contributed by atoms with Crippen LogP contribution >= 0.6 is 0 Å². The number of hydrogen-bond donors (Lipinski definition) is 2. The molecule has 2 heterocycles. The van der Waals surface area contributed by atoms with Crippen LogP contribution in [0.3, 0.4) is 0 Å². The van der Waals surface area contributed by atoms with Gasteiger partial charge in [-0.15, -0.1) is 0 Å². The lowest BCUT2D eigenvalue weighted by Gasteiger charge is -2.36. The first-order valence-corrected chi connectivity index (χ1v) is 11.2. The molecular weight excluding hydrogens is 374 g/mol. The fourth-order valence-electron chi connectivity index (χ4n) is 4.98. The molecule has 1 saturated heterocycles. The topological polar surface area (TPSA) is 38.4 Å². The fraction of sp³-hybridized carbons (Fsp3) is 0.480. The third-order valence-corrected chi connectivity index (χ3v) is 6.90. The number of fused-ring (bicyclic) bond motifs is 1. The van der Waals surface area contributed by atoms with Crippen molar-refractivity contribution in [2.75, 3.05) is 39.8 Å². The molecule has 0 aliphatic carbocycles. The smallest absolute Gasteiger partial charge is 0.280 e. The highest BCUT2D eigenvalue weighted by Crippen LogP contribution is 2.19. The molecule has 2 aliphatic heterocycles. The zero-order valence-electron chi connectivity index (χ0n) is 18.5. The zero-order valence-corrected chi connectivity index (χ0v) is 18.5. The maximum Gasteiger partial charge on any atom is 0.280 e. The molecule has 0 radical (unpaired) electrons. The van der Waals surface area contributed by atoms with Gasteiger partial charge in [0.05, 0.1) is 7.11 Å². The summed E-state index contributed by atoms with van der Waals surface area (Å²) in [6.07, 6.45) is 0.972. The van der Waals surface area contributed by atoms with Crippen molar-refractivity contribution in [3.8, 4) is 5.75 Å². The molecule has 1 atom stereocenters. The number of ether oxygens (including phenoxy) is 1. The van der Waals surface area contributed by atoms with Gasteiger partial charge in [-0.2, -0.15) is 0 Å². The van der Waals surface area contributed by atoms with Crippen LogP contribution in [0.25, 0.3) is 0 Å². The third kappa shape index (κ3) is 4.52. The average Bonchev–Trinajstić information content (AvgIpc) is 2.78. The van der Waals surface area contributed by atoms with E-state index in [1.54, 1.807) is 12.0 Å². The van der Waals surface area contributed by atoms with Gasteiger partial charge in [0, 0.05) is 18.7 Å². The lowest BCUT2D eigenvalue weighted by atomic mass is 9.99. The summed E-state index contributed by atoms with van der Waals surface area (Å²) in [6, 6.07) is 15.0. The number of nitrogens with one attached hydrogen (secondary N) is 2. The van der Waals surface area contributed by atoms with Crippen LogP contribution in [-0.4, -0.2) is 56.7 Å². The monoisotopic (exact) mass is 409 g/mol. The van der Waals surface area contributed by atoms with Crippen LogP contribution < -0.4 is 14.5 Å². The van der Waals surface area contributed by atoms with E-state index in [1.165, 1.54) is 27.2 Å². The van der Waals surface area contributed by atoms with Gasteiger partial charge in [0.25, 0.3) is 5.91 Å². The lowest BCUT2D eigenvalue weighted by molar-refractivity contribution is -1.02. The zero-order chi connectivity index (χ0) is 21.1. The van der Waals surface area contributed by atoms with Gasteiger partial charge in [0.15, 0.2) is 6.04 Å². The normalized spacial score (nSPS) is 22.3. The number of rotatable bonds is 5. The second-order valence-electron chi connectivity index (χ2n) is 8.90. The molecule has 30 heavy (non-hydrogen) atoms. The molecule has 5 heteroatoms. The first-order valence-electron chi connectivity index (χ1n) is 11.2. The van der Waals surface area contributed by atoms with Crippen LogP contribution in [0.1, 0.15) is 29.2 Å². The summed E-state index contributed by atoms with van der Waals surface area (Å²) in [5.74, 6) is 1.29. The van der Waals surface area contributed by atoms with Gasteiger partial charge in [0.1, 0.15) is 38.5 Å². The molecule has 0 saturated carbocycles. The molecule has 0 bridgehead atoms. The van der Waals surface area contributed by atoms with E-state index in [0.717, 1.165) is 58.0 Å². The minimum atomic E-state index is 0.0327. The summed E-state index contributed by atoms with van der Waals surface area (Å²) >= 11 is 0. The van der Waals surface area contributed by atoms with Gasteiger partial charge in [0.2, 0.25) is 0 Å². The summed E-state index contributed by atoms with van der Waals surface area (Å²) in [6.45, 7) is 11.1. The Bertz CT molecular complexity index is 890. The van der Waals surface area contributed by atoms with Crippen molar-refractivity contribution in [2.45, 2.75) is 39.4 Å². The Labute approximate surface area is 180 Å². The predicted octanol–water partition coefficient (Wildman–Crippen LogP) is 0.260. The van der Waals surface area contributed by atoms with E-state index in [9.17, 15) is 4.79 Å². The highest BCUT2D eigenvalue weighted by Gasteiger charge is 2.34. The molecule has 0 unspecified atom stereocenters. The Kier molecular flexibility index (Phi) is 6.40. The molecule has 0 spiro atoms. The van der Waals surface area contributed by atoms with Crippen molar-refractivity contribution in [2.24, 2.45) is 0 Å². The Morgan fingerprint density at radius 1 is 1.10 bits per heavy atom. The van der Waals surface area contributed by atoms with E-state index in [1.807, 2.05) is 0 Å². The number of piperazine rings is 1. The van der Waals surface area contributed by atoms with Crippen LogP contribution in [0.5, 0.6) is 5.75 Å². The molecule has 4 rings (SSSR count). The lowest BCUT2D eigenvalue weighted by Crippen LogP contribution is -3.29. The quantitative estimate of drug-likeness (QED) is 0.744. The standard InChI is InChI=1S/C25H33N3O2/c1-19-8-9-24(30-3)23(16-19)17-26-12-14-27(15-13-26)20(2)25(29)28-11-10-21-6-4-5-7-22(21)18-28/h4-9,16,20H,10-15,17-18H2,1-3H3/p+2/t20-/m1/s1. The SMILES string of the molecule is COc1ccc(C)cc1C[NH+]1CC[NH+]([C@H](C)C(=O)N2CCc3ccccc3C2)CC1. The van der Waals surface area contributed by atoms with Crippen molar-refractivity contribution in [3.05, 3.63) is 64.7 Å². The second kappa shape index (κ2) is 9.19. The van der Waals surface area contributed by atoms with E-state index < -0.39 is 0 Å². The highest BCUT2D eigenvalue weighted by molar-refractivity contribution is 5.80. The maximum absolute atomic E-state index is 13.2. The molecule has 2 aromatic rings. The fourth-order valence-corrected chi connectivity index (χ4v) is 4.98. The van der Waals surface area contributed by atoms with E-state index in [0.29, 0.717) is 5.91 Å². The Balaban J connectivity index is 1.32. The average molecular weight is 410 g/mol. The summed E-state index contributed by atoms with van der Waals surface area (Å²) < 4.78 is 5.56. The van der Waals surface area contributed by atoms with Crippen molar-refractivity contribution >= 4 is 5.91 Å². The summed E-state index contributed by atoms with van der Waals surface area (Å²) in [5, 5.41) is 0. The molecular formula is C25H35N3O2+2. The Morgan fingerprint density at radius 3 is 2.57 bits per heavy atom. The second-order valence-corrected chi connectivity index (χ2v) is 8.90. The van der Waals surface area contributed by atoms with Crippen molar-refractivity contribution < 1.29 is 19.3 Å². The summed E-state index contributed by atoms with van der Waals surface area (Å²) in [7, 11) is 1.75. The van der Waals surface area contributed by atoms with Crippen molar-refractivity contribution in [3.63, 3.8) is 0 Å². The Morgan fingerprint density at radius 2 is 1.83 bits per heavy atom. The van der Waals surface area contributed by atoms with Crippen molar-refractivity contribution in [1.29, 1.82) is 0 Å². The van der Waals surface area contributed by atoms with Gasteiger partial charge >= 0.3 is 0 Å².